The number of nitrogens with zero attached hydrogens (tertiary/aromatic N) is 2. The van der Waals surface area contributed by atoms with Crippen molar-refractivity contribution in [3.8, 4) is 11.5 Å². The van der Waals surface area contributed by atoms with Gasteiger partial charge in [-0.2, -0.15) is 0 Å². The van der Waals surface area contributed by atoms with Crippen LogP contribution in [0.15, 0.2) is 78.4 Å². The van der Waals surface area contributed by atoms with Crippen molar-refractivity contribution in [2.45, 2.75) is 6.61 Å². The Morgan fingerprint density at radius 1 is 1.00 bits per heavy atom. The molecule has 0 radical (unpaired) electrons. The summed E-state index contributed by atoms with van der Waals surface area (Å²) in [5.41, 5.74) is 4.21. The summed E-state index contributed by atoms with van der Waals surface area (Å²) in [6, 6.07) is 19.9. The minimum atomic E-state index is -0.534. The molecule has 0 unspecified atom stereocenters. The van der Waals surface area contributed by atoms with E-state index < -0.39 is 16.7 Å². The summed E-state index contributed by atoms with van der Waals surface area (Å²) < 4.78 is 11.3. The largest absolute Gasteiger partial charge is 0.493 e. The van der Waals surface area contributed by atoms with Crippen LogP contribution in [0.4, 0.5) is 11.4 Å². The maximum Gasteiger partial charge on any atom is 0.282 e. The molecule has 0 bridgehead atoms. The van der Waals surface area contributed by atoms with Gasteiger partial charge in [-0.05, 0) is 42.0 Å². The molecule has 1 fully saturated rings. The molecule has 9 nitrogen and oxygen atoms in total. The molecule has 3 aromatic rings. The van der Waals surface area contributed by atoms with E-state index in [1.807, 2.05) is 6.07 Å². The van der Waals surface area contributed by atoms with Gasteiger partial charge in [0.25, 0.3) is 17.5 Å². The van der Waals surface area contributed by atoms with Crippen LogP contribution in [0.5, 0.6) is 11.5 Å². The summed E-state index contributed by atoms with van der Waals surface area (Å²) in [5, 5.41) is 12.0. The number of rotatable bonds is 7. The number of nitro groups is 1. The minimum absolute atomic E-state index is 0.0183. The number of methoxy groups -OCH3 is 1. The zero-order valence-corrected chi connectivity index (χ0v) is 17.6. The molecule has 0 atom stereocenters. The molecule has 3 aromatic carbocycles. The quantitative estimate of drug-likeness (QED) is 0.257. The SMILES string of the molecule is COc1cccc(/C=C2\C(=O)NN(c3ccccc3)C2=O)c1OCc1ccc([N+](=O)[O-])cc1. The van der Waals surface area contributed by atoms with E-state index in [2.05, 4.69) is 5.43 Å². The van der Waals surface area contributed by atoms with Crippen LogP contribution in [0.25, 0.3) is 6.08 Å². The van der Waals surface area contributed by atoms with E-state index in [1.54, 1.807) is 54.6 Å². The second-order valence-corrected chi connectivity index (χ2v) is 7.07. The highest BCUT2D eigenvalue weighted by Gasteiger charge is 2.34. The van der Waals surface area contributed by atoms with E-state index in [9.17, 15) is 19.7 Å². The average molecular weight is 445 g/mol. The first-order valence-corrected chi connectivity index (χ1v) is 9.93. The zero-order valence-electron chi connectivity index (χ0n) is 17.6. The molecule has 1 N–H and O–H groups in total. The number of non-ortho nitro benzene ring substituents is 1. The van der Waals surface area contributed by atoms with Gasteiger partial charge in [0, 0.05) is 17.7 Å². The van der Waals surface area contributed by atoms with Crippen molar-refractivity contribution < 1.29 is 24.0 Å². The highest BCUT2D eigenvalue weighted by molar-refractivity contribution is 6.31. The Balaban J connectivity index is 1.62. The lowest BCUT2D eigenvalue weighted by atomic mass is 10.1. The van der Waals surface area contributed by atoms with Gasteiger partial charge in [-0.15, -0.1) is 0 Å². The highest BCUT2D eigenvalue weighted by atomic mass is 16.6. The second kappa shape index (κ2) is 9.23. The van der Waals surface area contributed by atoms with Gasteiger partial charge >= 0.3 is 0 Å². The normalized spacial score (nSPS) is 14.3. The molecule has 9 heteroatoms. The van der Waals surface area contributed by atoms with Crippen molar-refractivity contribution in [2.75, 3.05) is 12.1 Å². The third kappa shape index (κ3) is 4.52. The summed E-state index contributed by atoms with van der Waals surface area (Å²) in [6.07, 6.45) is 1.45. The Labute approximate surface area is 189 Å². The number of carbonyl (C=O) groups is 2. The number of hydrogen-bond donors (Lipinski definition) is 1. The van der Waals surface area contributed by atoms with Gasteiger partial charge in [-0.3, -0.25) is 25.1 Å². The third-order valence-corrected chi connectivity index (χ3v) is 4.97. The summed E-state index contributed by atoms with van der Waals surface area (Å²) in [5.74, 6) is -0.273. The first kappa shape index (κ1) is 21.6. The lowest BCUT2D eigenvalue weighted by Crippen LogP contribution is -2.35. The molecular weight excluding hydrogens is 426 g/mol. The van der Waals surface area contributed by atoms with E-state index in [-0.39, 0.29) is 17.9 Å². The van der Waals surface area contributed by atoms with Crippen molar-refractivity contribution in [1.82, 2.24) is 5.43 Å². The highest BCUT2D eigenvalue weighted by Crippen LogP contribution is 2.34. The van der Waals surface area contributed by atoms with E-state index >= 15 is 0 Å². The standard InChI is InChI=1S/C24H19N3O6/c1-32-21-9-5-6-17(22(21)33-15-16-10-12-19(13-11-16)27(30)31)14-20-23(28)25-26(24(20)29)18-7-3-2-4-8-18/h2-14H,15H2,1H3,(H,25,28)/b20-14+. The van der Waals surface area contributed by atoms with Crippen molar-refractivity contribution in [2.24, 2.45) is 0 Å². The predicted molar refractivity (Wildman–Crippen MR) is 120 cm³/mol. The number of carbonyl (C=O) groups excluding carboxylic acids is 2. The monoisotopic (exact) mass is 445 g/mol. The third-order valence-electron chi connectivity index (χ3n) is 4.97. The van der Waals surface area contributed by atoms with Gasteiger partial charge in [0.05, 0.1) is 17.7 Å². The Morgan fingerprint density at radius 3 is 2.39 bits per heavy atom. The van der Waals surface area contributed by atoms with Crippen LogP contribution in [0.2, 0.25) is 0 Å². The molecule has 1 aliphatic rings. The fourth-order valence-electron chi connectivity index (χ4n) is 3.30. The molecule has 2 amide bonds. The summed E-state index contributed by atoms with van der Waals surface area (Å²) >= 11 is 0. The first-order chi connectivity index (χ1) is 16.0. The Bertz CT molecular complexity index is 1240. The number of nitrogens with one attached hydrogen (secondary N) is 1. The molecular formula is C24H19N3O6. The van der Waals surface area contributed by atoms with Gasteiger partial charge in [0.15, 0.2) is 11.5 Å². The first-order valence-electron chi connectivity index (χ1n) is 9.93. The maximum atomic E-state index is 12.9. The number of hydrogen-bond acceptors (Lipinski definition) is 6. The molecule has 4 rings (SSSR count). The summed E-state index contributed by atoms with van der Waals surface area (Å²) in [7, 11) is 1.48. The van der Waals surface area contributed by atoms with Crippen LogP contribution in [0.1, 0.15) is 11.1 Å². The average Bonchev–Trinajstić information content (AvgIpc) is 3.12. The van der Waals surface area contributed by atoms with Crippen molar-refractivity contribution in [1.29, 1.82) is 0 Å². The number of para-hydroxylation sites is 2. The molecule has 1 aliphatic heterocycles. The molecule has 33 heavy (non-hydrogen) atoms. The Kier molecular flexibility index (Phi) is 6.03. The number of benzene rings is 3. The summed E-state index contributed by atoms with van der Waals surface area (Å²) in [6.45, 7) is 0.102. The number of amides is 2. The fourth-order valence-corrected chi connectivity index (χ4v) is 3.30. The number of nitro benzene ring substituents is 1. The van der Waals surface area contributed by atoms with E-state index in [0.29, 0.717) is 28.3 Å². The van der Waals surface area contributed by atoms with Crippen LogP contribution >= 0.6 is 0 Å². The molecule has 0 spiro atoms. The number of anilines is 1. The summed E-state index contributed by atoms with van der Waals surface area (Å²) in [4.78, 5) is 35.8. The van der Waals surface area contributed by atoms with Gasteiger partial charge < -0.3 is 9.47 Å². The second-order valence-electron chi connectivity index (χ2n) is 7.07. The van der Waals surface area contributed by atoms with Crippen molar-refractivity contribution >= 4 is 29.3 Å². The van der Waals surface area contributed by atoms with Crippen molar-refractivity contribution in [3.63, 3.8) is 0 Å². The van der Waals surface area contributed by atoms with Crippen LogP contribution in [-0.2, 0) is 16.2 Å². The minimum Gasteiger partial charge on any atom is -0.493 e. The number of ether oxygens (including phenoxy) is 2. The van der Waals surface area contributed by atoms with Crippen LogP contribution in [0, 0.1) is 10.1 Å². The lowest BCUT2D eigenvalue weighted by molar-refractivity contribution is -0.384. The van der Waals surface area contributed by atoms with Crippen LogP contribution in [0.3, 0.4) is 0 Å². The fraction of sp³-hybridized carbons (Fsp3) is 0.0833. The smallest absolute Gasteiger partial charge is 0.282 e. The van der Waals surface area contributed by atoms with Gasteiger partial charge in [-0.1, -0.05) is 30.3 Å². The molecule has 0 saturated carbocycles. The predicted octanol–water partition coefficient (Wildman–Crippen LogP) is 3.64. The topological polar surface area (TPSA) is 111 Å². The van der Waals surface area contributed by atoms with E-state index in [1.165, 1.54) is 30.3 Å². The Morgan fingerprint density at radius 2 is 1.73 bits per heavy atom. The van der Waals surface area contributed by atoms with Crippen molar-refractivity contribution in [3.05, 3.63) is 99.6 Å². The molecule has 1 saturated heterocycles. The van der Waals surface area contributed by atoms with E-state index in [0.717, 1.165) is 0 Å². The van der Waals surface area contributed by atoms with E-state index in [4.69, 9.17) is 9.47 Å². The molecule has 0 aliphatic carbocycles. The number of hydrazine groups is 1. The van der Waals surface area contributed by atoms with Gasteiger partial charge in [0.1, 0.15) is 12.2 Å². The molecule has 166 valence electrons. The molecule has 0 aromatic heterocycles. The van der Waals surface area contributed by atoms with Gasteiger partial charge in [-0.25, -0.2) is 5.01 Å². The maximum absolute atomic E-state index is 12.9. The zero-order chi connectivity index (χ0) is 23.4. The van der Waals surface area contributed by atoms with Gasteiger partial charge in [0.2, 0.25) is 0 Å². The Hall–Kier alpha value is -4.66. The van der Waals surface area contributed by atoms with Crippen LogP contribution in [-0.4, -0.2) is 23.8 Å². The van der Waals surface area contributed by atoms with Crippen LogP contribution < -0.4 is 19.9 Å². The lowest BCUT2D eigenvalue weighted by Gasteiger charge is -2.14. The molecule has 1 heterocycles.